The first kappa shape index (κ1) is 24.2. The lowest BCUT2D eigenvalue weighted by Crippen LogP contribution is -2.07. The molecule has 0 radical (unpaired) electrons. The van der Waals surface area contributed by atoms with E-state index in [2.05, 4.69) is 65.3 Å². The van der Waals surface area contributed by atoms with Gasteiger partial charge in [-0.15, -0.1) is 0 Å². The second-order valence-corrected chi connectivity index (χ2v) is 9.08. The average molecular weight is 467 g/mol. The van der Waals surface area contributed by atoms with Crippen LogP contribution in [0.2, 0.25) is 0 Å². The topological polar surface area (TPSA) is 24.9 Å². The van der Waals surface area contributed by atoms with Gasteiger partial charge in [0.05, 0.1) is 0 Å². The van der Waals surface area contributed by atoms with Crippen LogP contribution in [0.3, 0.4) is 0 Å². The number of hydrogen-bond acceptors (Lipinski definition) is 4. The van der Waals surface area contributed by atoms with Crippen molar-refractivity contribution in [2.75, 3.05) is 38.0 Å². The molecule has 0 saturated carbocycles. The number of rotatable bonds is 9. The monoisotopic (exact) mass is 466 g/mol. The molecule has 0 bridgehead atoms. The summed E-state index contributed by atoms with van der Waals surface area (Å²) in [5, 5.41) is 0. The lowest BCUT2D eigenvalue weighted by Gasteiger charge is -2.18. The Morgan fingerprint density at radius 1 is 0.486 bits per heavy atom. The Morgan fingerprint density at radius 3 is 1.03 bits per heavy atom. The van der Waals surface area contributed by atoms with Crippen molar-refractivity contribution in [1.29, 1.82) is 0 Å². The summed E-state index contributed by atoms with van der Waals surface area (Å²) in [6.45, 7) is 2.22. The van der Waals surface area contributed by atoms with Gasteiger partial charge in [0.25, 0.3) is 0 Å². The molecular weight excluding hydrogens is 432 g/mol. The Hall–Kier alpha value is -3.92. The van der Waals surface area contributed by atoms with Crippen LogP contribution in [0.25, 0.3) is 0 Å². The van der Waals surface area contributed by atoms with Crippen LogP contribution in [-0.4, -0.2) is 28.2 Å². The lowest BCUT2D eigenvalue weighted by atomic mass is 9.89. The van der Waals surface area contributed by atoms with Crippen LogP contribution in [0.1, 0.15) is 30.4 Å². The molecule has 0 aliphatic carbocycles. The zero-order chi connectivity index (χ0) is 24.8. The van der Waals surface area contributed by atoms with Crippen LogP contribution in [0.15, 0.2) is 97.1 Å². The number of ether oxygens (including phenoxy) is 2. The van der Waals surface area contributed by atoms with Gasteiger partial charge in [0.2, 0.25) is 0 Å². The third-order valence-electron chi connectivity index (χ3n) is 6.15. The van der Waals surface area contributed by atoms with E-state index in [1.165, 1.54) is 11.1 Å². The smallest absolute Gasteiger partial charge is 0.127 e. The van der Waals surface area contributed by atoms with Crippen LogP contribution in [0, 0.1) is 0 Å². The molecule has 0 fully saturated rings. The summed E-state index contributed by atoms with van der Waals surface area (Å²) in [6, 6.07) is 33.1. The number of hydrogen-bond donors (Lipinski definition) is 0. The summed E-state index contributed by atoms with van der Waals surface area (Å²) in [5.74, 6) is 3.66. The van der Waals surface area contributed by atoms with E-state index >= 15 is 0 Å². The predicted molar refractivity (Wildman–Crippen MR) is 147 cm³/mol. The first-order chi connectivity index (χ1) is 16.9. The highest BCUT2D eigenvalue weighted by Gasteiger charge is 2.13. The van der Waals surface area contributed by atoms with Gasteiger partial charge in [-0.05, 0) is 90.3 Å². The van der Waals surface area contributed by atoms with Gasteiger partial charge in [-0.3, -0.25) is 0 Å². The molecule has 0 saturated heterocycles. The zero-order valence-corrected chi connectivity index (χ0v) is 21.2. The van der Waals surface area contributed by atoms with Crippen molar-refractivity contribution in [3.8, 4) is 23.0 Å². The van der Waals surface area contributed by atoms with Crippen molar-refractivity contribution >= 4 is 11.4 Å². The van der Waals surface area contributed by atoms with E-state index < -0.39 is 0 Å². The molecule has 4 nitrogen and oxygen atoms in total. The Bertz CT molecular complexity index is 1100. The highest BCUT2D eigenvalue weighted by atomic mass is 16.5. The Morgan fingerprint density at radius 2 is 0.771 bits per heavy atom. The van der Waals surface area contributed by atoms with Crippen LogP contribution in [0.4, 0.5) is 11.4 Å². The van der Waals surface area contributed by atoms with E-state index in [0.29, 0.717) is 5.92 Å². The van der Waals surface area contributed by atoms with E-state index in [9.17, 15) is 0 Å². The molecule has 4 aromatic carbocycles. The molecule has 0 heterocycles. The van der Waals surface area contributed by atoms with Crippen LogP contribution >= 0.6 is 0 Å². The van der Waals surface area contributed by atoms with E-state index in [0.717, 1.165) is 40.8 Å². The largest absolute Gasteiger partial charge is 0.457 e. The third kappa shape index (κ3) is 6.15. The third-order valence-corrected chi connectivity index (χ3v) is 6.15. The van der Waals surface area contributed by atoms with Crippen molar-refractivity contribution in [2.24, 2.45) is 0 Å². The van der Waals surface area contributed by atoms with Gasteiger partial charge < -0.3 is 19.3 Å². The summed E-state index contributed by atoms with van der Waals surface area (Å²) in [5.41, 5.74) is 4.85. The Kier molecular flexibility index (Phi) is 7.61. The standard InChI is InChI=1S/C31H34N2O2/c1-6-31(23-7-15-27(16-8-23)34-29-19-11-25(12-20-29)32(2)3)24-9-17-28(18-10-24)35-30-21-13-26(14-22-30)33(4)5/h7-22,31H,6H2,1-5H3. The van der Waals surface area contributed by atoms with Gasteiger partial charge in [0.15, 0.2) is 0 Å². The molecule has 0 amide bonds. The van der Waals surface area contributed by atoms with Gasteiger partial charge in [-0.25, -0.2) is 0 Å². The maximum atomic E-state index is 6.04. The maximum absolute atomic E-state index is 6.04. The van der Waals surface area contributed by atoms with E-state index in [4.69, 9.17) is 9.47 Å². The molecule has 4 rings (SSSR count). The van der Waals surface area contributed by atoms with Crippen LogP contribution in [-0.2, 0) is 0 Å². The van der Waals surface area contributed by atoms with Gasteiger partial charge in [0.1, 0.15) is 23.0 Å². The molecule has 35 heavy (non-hydrogen) atoms. The predicted octanol–water partition coefficient (Wildman–Crippen LogP) is 7.95. The van der Waals surface area contributed by atoms with Crippen molar-refractivity contribution < 1.29 is 9.47 Å². The minimum Gasteiger partial charge on any atom is -0.457 e. The first-order valence-electron chi connectivity index (χ1n) is 12.0. The van der Waals surface area contributed by atoms with Gasteiger partial charge in [-0.2, -0.15) is 0 Å². The van der Waals surface area contributed by atoms with E-state index in [-0.39, 0.29) is 0 Å². The first-order valence-corrected chi connectivity index (χ1v) is 12.0. The molecule has 0 N–H and O–H groups in total. The summed E-state index contributed by atoms with van der Waals surface area (Å²) in [4.78, 5) is 4.15. The molecule has 0 aliphatic heterocycles. The van der Waals surface area contributed by atoms with Crippen molar-refractivity contribution in [3.05, 3.63) is 108 Å². The average Bonchev–Trinajstić information content (AvgIpc) is 2.87. The quantitative estimate of drug-likeness (QED) is 0.250. The molecule has 0 unspecified atom stereocenters. The summed E-state index contributed by atoms with van der Waals surface area (Å²) >= 11 is 0. The number of benzene rings is 4. The van der Waals surface area contributed by atoms with Crippen molar-refractivity contribution in [3.63, 3.8) is 0 Å². The fourth-order valence-electron chi connectivity index (χ4n) is 4.10. The van der Waals surface area contributed by atoms with Gasteiger partial charge in [0, 0.05) is 45.5 Å². The van der Waals surface area contributed by atoms with Crippen molar-refractivity contribution in [2.45, 2.75) is 19.3 Å². The SMILES string of the molecule is CCC(c1ccc(Oc2ccc(N(C)C)cc2)cc1)c1ccc(Oc2ccc(N(C)C)cc2)cc1. The van der Waals surface area contributed by atoms with Crippen LogP contribution in [0.5, 0.6) is 23.0 Å². The summed E-state index contributed by atoms with van der Waals surface area (Å²) < 4.78 is 12.1. The number of anilines is 2. The van der Waals surface area contributed by atoms with Gasteiger partial charge >= 0.3 is 0 Å². The Balaban J connectivity index is 1.41. The molecule has 0 spiro atoms. The minimum absolute atomic E-state index is 0.317. The van der Waals surface area contributed by atoms with E-state index in [1.54, 1.807) is 0 Å². The zero-order valence-electron chi connectivity index (χ0n) is 21.2. The minimum atomic E-state index is 0.317. The second kappa shape index (κ2) is 11.0. The van der Waals surface area contributed by atoms with Crippen LogP contribution < -0.4 is 19.3 Å². The molecule has 0 aliphatic rings. The summed E-state index contributed by atoms with van der Waals surface area (Å²) in [7, 11) is 8.12. The molecule has 4 heteroatoms. The molecule has 4 aromatic rings. The molecular formula is C31H34N2O2. The Labute approximate surface area is 209 Å². The molecule has 0 aromatic heterocycles. The highest BCUT2D eigenvalue weighted by molar-refractivity contribution is 5.50. The maximum Gasteiger partial charge on any atom is 0.127 e. The van der Waals surface area contributed by atoms with Crippen molar-refractivity contribution in [1.82, 2.24) is 0 Å². The van der Waals surface area contributed by atoms with E-state index in [1.807, 2.05) is 76.7 Å². The highest BCUT2D eigenvalue weighted by Crippen LogP contribution is 2.32. The second-order valence-electron chi connectivity index (χ2n) is 9.08. The summed E-state index contributed by atoms with van der Waals surface area (Å²) in [6.07, 6.45) is 1.01. The van der Waals surface area contributed by atoms with Gasteiger partial charge in [-0.1, -0.05) is 31.2 Å². The number of nitrogens with zero attached hydrogens (tertiary/aromatic N) is 2. The fraction of sp³-hybridized carbons (Fsp3) is 0.226. The normalized spacial score (nSPS) is 10.8. The lowest BCUT2D eigenvalue weighted by molar-refractivity contribution is 0.482. The molecule has 180 valence electrons. The fourth-order valence-corrected chi connectivity index (χ4v) is 4.10. The molecule has 0 atom stereocenters.